The molecular weight excluding hydrogens is 268 g/mol. The number of anilines is 1. The number of hydrogen-bond acceptors (Lipinski definition) is 4. The summed E-state index contributed by atoms with van der Waals surface area (Å²) in [5.74, 6) is -0.921. The van der Waals surface area contributed by atoms with Gasteiger partial charge >= 0.3 is 5.97 Å². The van der Waals surface area contributed by atoms with Crippen molar-refractivity contribution in [1.29, 1.82) is 0 Å². The highest BCUT2D eigenvalue weighted by Crippen LogP contribution is 2.10. The van der Waals surface area contributed by atoms with Gasteiger partial charge in [-0.1, -0.05) is 19.1 Å². The molecule has 5 nitrogen and oxygen atoms in total. The first kappa shape index (κ1) is 14.7. The smallest absolute Gasteiger partial charge is 0.338 e. The lowest BCUT2D eigenvalue weighted by Gasteiger charge is -2.07. The summed E-state index contributed by atoms with van der Waals surface area (Å²) in [6.07, 6.45) is 3.93. The zero-order valence-electron chi connectivity index (χ0n) is 11.7. The molecule has 21 heavy (non-hydrogen) atoms. The van der Waals surface area contributed by atoms with Crippen molar-refractivity contribution in [1.82, 2.24) is 4.98 Å². The number of nitrogens with zero attached hydrogens (tertiary/aromatic N) is 1. The molecule has 2 rings (SSSR count). The number of benzene rings is 1. The minimum Gasteiger partial charge on any atom is -0.452 e. The third-order valence-corrected chi connectivity index (χ3v) is 2.90. The molecule has 0 unspecified atom stereocenters. The number of carbonyl (C=O) groups is 2. The van der Waals surface area contributed by atoms with E-state index < -0.39 is 5.97 Å². The highest BCUT2D eigenvalue weighted by Gasteiger charge is 2.09. The van der Waals surface area contributed by atoms with E-state index >= 15 is 0 Å². The Hall–Kier alpha value is -2.69. The number of aromatic nitrogens is 1. The Bertz CT molecular complexity index is 609. The van der Waals surface area contributed by atoms with Crippen LogP contribution in [0.1, 0.15) is 22.8 Å². The van der Waals surface area contributed by atoms with E-state index in [1.165, 1.54) is 30.1 Å². The SMILES string of the molecule is CCc1ccc(NC(=O)COC(=O)c2ccncc2)cc1. The summed E-state index contributed by atoms with van der Waals surface area (Å²) in [7, 11) is 0. The number of aryl methyl sites for hydroxylation is 1. The van der Waals surface area contributed by atoms with Gasteiger partial charge in [0.05, 0.1) is 5.56 Å². The first-order chi connectivity index (χ1) is 10.2. The molecule has 1 aromatic carbocycles. The molecule has 0 saturated carbocycles. The molecule has 1 heterocycles. The van der Waals surface area contributed by atoms with Crippen LogP contribution in [0.4, 0.5) is 5.69 Å². The highest BCUT2D eigenvalue weighted by atomic mass is 16.5. The van der Waals surface area contributed by atoms with E-state index in [9.17, 15) is 9.59 Å². The Labute approximate surface area is 123 Å². The maximum Gasteiger partial charge on any atom is 0.338 e. The summed E-state index contributed by atoms with van der Waals surface area (Å²) >= 11 is 0. The van der Waals surface area contributed by atoms with E-state index in [0.717, 1.165) is 6.42 Å². The van der Waals surface area contributed by atoms with E-state index in [0.29, 0.717) is 11.3 Å². The first-order valence-corrected chi connectivity index (χ1v) is 6.65. The van der Waals surface area contributed by atoms with E-state index in [2.05, 4.69) is 17.2 Å². The van der Waals surface area contributed by atoms with Crippen LogP contribution in [-0.4, -0.2) is 23.5 Å². The van der Waals surface area contributed by atoms with Gasteiger partial charge in [-0.25, -0.2) is 4.79 Å². The average Bonchev–Trinajstić information content (AvgIpc) is 2.54. The fourth-order valence-corrected chi connectivity index (χ4v) is 1.72. The second kappa shape index (κ2) is 7.19. The van der Waals surface area contributed by atoms with E-state index in [1.807, 2.05) is 24.3 Å². The summed E-state index contributed by atoms with van der Waals surface area (Å²) in [4.78, 5) is 27.2. The van der Waals surface area contributed by atoms with Crippen LogP contribution >= 0.6 is 0 Å². The largest absolute Gasteiger partial charge is 0.452 e. The third-order valence-electron chi connectivity index (χ3n) is 2.90. The van der Waals surface area contributed by atoms with Gasteiger partial charge in [0.25, 0.3) is 5.91 Å². The van der Waals surface area contributed by atoms with Crippen molar-refractivity contribution in [3.05, 3.63) is 59.9 Å². The standard InChI is InChI=1S/C16H16N2O3/c1-2-12-3-5-14(6-4-12)18-15(19)11-21-16(20)13-7-9-17-10-8-13/h3-10H,2,11H2,1H3,(H,18,19). The molecule has 0 saturated heterocycles. The van der Waals surface area contributed by atoms with Gasteiger partial charge in [0.2, 0.25) is 0 Å². The lowest BCUT2D eigenvalue weighted by atomic mass is 10.1. The van der Waals surface area contributed by atoms with Gasteiger partial charge in [-0.15, -0.1) is 0 Å². The summed E-state index contributed by atoms with van der Waals surface area (Å²) in [6, 6.07) is 10.6. The monoisotopic (exact) mass is 284 g/mol. The number of carbonyl (C=O) groups excluding carboxylic acids is 2. The molecular formula is C16H16N2O3. The fraction of sp³-hybridized carbons (Fsp3) is 0.188. The topological polar surface area (TPSA) is 68.3 Å². The molecule has 0 spiro atoms. The second-order valence-electron chi connectivity index (χ2n) is 4.41. The number of rotatable bonds is 5. The van der Waals surface area contributed by atoms with Gasteiger partial charge in [-0.05, 0) is 36.2 Å². The van der Waals surface area contributed by atoms with Crippen molar-refractivity contribution in [3.63, 3.8) is 0 Å². The van der Waals surface area contributed by atoms with Gasteiger partial charge < -0.3 is 10.1 Å². The number of hydrogen-bond donors (Lipinski definition) is 1. The Morgan fingerprint density at radius 1 is 1.10 bits per heavy atom. The molecule has 0 aliphatic carbocycles. The molecule has 0 aliphatic heterocycles. The number of nitrogens with one attached hydrogen (secondary N) is 1. The van der Waals surface area contributed by atoms with Crippen molar-refractivity contribution in [2.24, 2.45) is 0 Å². The zero-order chi connectivity index (χ0) is 15.1. The summed E-state index contributed by atoms with van der Waals surface area (Å²) in [5.41, 5.74) is 2.24. The minimum absolute atomic E-state index is 0.323. The molecule has 1 N–H and O–H groups in total. The van der Waals surface area contributed by atoms with Gasteiger partial charge in [-0.2, -0.15) is 0 Å². The summed E-state index contributed by atoms with van der Waals surface area (Å²) in [5, 5.41) is 2.67. The lowest BCUT2D eigenvalue weighted by molar-refractivity contribution is -0.119. The maximum atomic E-state index is 11.7. The van der Waals surface area contributed by atoms with Crippen LogP contribution < -0.4 is 5.32 Å². The molecule has 0 atom stereocenters. The fourth-order valence-electron chi connectivity index (χ4n) is 1.72. The Morgan fingerprint density at radius 3 is 2.38 bits per heavy atom. The molecule has 0 bridgehead atoms. The Kier molecular flexibility index (Phi) is 5.04. The Balaban J connectivity index is 1.83. The van der Waals surface area contributed by atoms with Crippen LogP contribution in [0, 0.1) is 0 Å². The predicted octanol–water partition coefficient (Wildman–Crippen LogP) is 2.44. The molecule has 1 amide bonds. The molecule has 0 fully saturated rings. The van der Waals surface area contributed by atoms with Gasteiger partial charge in [0.15, 0.2) is 6.61 Å². The summed E-state index contributed by atoms with van der Waals surface area (Å²) in [6.45, 7) is 1.74. The average molecular weight is 284 g/mol. The predicted molar refractivity (Wildman–Crippen MR) is 79.0 cm³/mol. The molecule has 108 valence electrons. The van der Waals surface area contributed by atoms with Crippen LogP contribution in [0.15, 0.2) is 48.8 Å². The van der Waals surface area contributed by atoms with E-state index in [4.69, 9.17) is 4.74 Å². The summed E-state index contributed by atoms with van der Waals surface area (Å²) < 4.78 is 4.93. The van der Waals surface area contributed by atoms with Crippen LogP contribution in [0.2, 0.25) is 0 Å². The van der Waals surface area contributed by atoms with Crippen molar-refractivity contribution >= 4 is 17.6 Å². The minimum atomic E-state index is -0.547. The van der Waals surface area contributed by atoms with Crippen molar-refractivity contribution in [2.45, 2.75) is 13.3 Å². The molecule has 5 heteroatoms. The van der Waals surface area contributed by atoms with Crippen molar-refractivity contribution < 1.29 is 14.3 Å². The van der Waals surface area contributed by atoms with Gasteiger partial charge in [0.1, 0.15) is 0 Å². The van der Waals surface area contributed by atoms with Crippen LogP contribution in [0.5, 0.6) is 0 Å². The van der Waals surface area contributed by atoms with E-state index in [-0.39, 0.29) is 12.5 Å². The number of amides is 1. The molecule has 0 radical (unpaired) electrons. The van der Waals surface area contributed by atoms with E-state index in [1.54, 1.807) is 0 Å². The van der Waals surface area contributed by atoms with Crippen LogP contribution in [0.25, 0.3) is 0 Å². The second-order valence-corrected chi connectivity index (χ2v) is 4.41. The highest BCUT2D eigenvalue weighted by molar-refractivity contribution is 5.95. The molecule has 0 aliphatic rings. The van der Waals surface area contributed by atoms with Crippen LogP contribution in [-0.2, 0) is 16.0 Å². The van der Waals surface area contributed by atoms with Gasteiger partial charge in [-0.3, -0.25) is 9.78 Å². The molecule has 1 aromatic heterocycles. The number of ether oxygens (including phenoxy) is 1. The zero-order valence-corrected chi connectivity index (χ0v) is 11.7. The third kappa shape index (κ3) is 4.42. The quantitative estimate of drug-likeness (QED) is 0.856. The number of pyridine rings is 1. The maximum absolute atomic E-state index is 11.7. The lowest BCUT2D eigenvalue weighted by Crippen LogP contribution is -2.20. The van der Waals surface area contributed by atoms with Gasteiger partial charge in [0, 0.05) is 18.1 Å². The first-order valence-electron chi connectivity index (χ1n) is 6.65. The number of esters is 1. The van der Waals surface area contributed by atoms with Crippen LogP contribution in [0.3, 0.4) is 0 Å². The van der Waals surface area contributed by atoms with Crippen molar-refractivity contribution in [2.75, 3.05) is 11.9 Å². The molecule has 2 aromatic rings. The Morgan fingerprint density at radius 2 is 1.76 bits per heavy atom. The van der Waals surface area contributed by atoms with Crippen molar-refractivity contribution in [3.8, 4) is 0 Å². The normalized spacial score (nSPS) is 9.95.